The summed E-state index contributed by atoms with van der Waals surface area (Å²) in [6.45, 7) is 3.64. The maximum Gasteiger partial charge on any atom is 0.245 e. The molecule has 2 fully saturated rings. The summed E-state index contributed by atoms with van der Waals surface area (Å²) in [5, 5.41) is 0.832. The van der Waals surface area contributed by atoms with Crippen LogP contribution in [-0.2, 0) is 24.3 Å². The zero-order valence-corrected chi connectivity index (χ0v) is 18.0. The first-order valence-electron chi connectivity index (χ1n) is 9.50. The van der Waals surface area contributed by atoms with E-state index in [2.05, 4.69) is 4.72 Å². The second kappa shape index (κ2) is 9.42. The fourth-order valence-electron chi connectivity index (χ4n) is 3.42. The van der Waals surface area contributed by atoms with E-state index in [0.29, 0.717) is 36.7 Å². The molecule has 1 N–H and O–H groups in total. The number of halogens is 2. The Kier molecular flexibility index (Phi) is 7.12. The number of nitrogens with zero attached hydrogens (tertiary/aromatic N) is 2. The molecule has 2 aliphatic rings. The predicted molar refractivity (Wildman–Crippen MR) is 110 cm³/mol. The summed E-state index contributed by atoms with van der Waals surface area (Å²) in [6, 6.07) is 3.82. The Morgan fingerprint density at radius 2 is 1.90 bits per heavy atom. The van der Waals surface area contributed by atoms with Crippen molar-refractivity contribution >= 4 is 39.3 Å². The number of amides is 2. The molecule has 2 amide bonds. The Hall–Kier alpha value is -2.01. The molecule has 2 atom stereocenters. The number of ether oxygens (including phenoxy) is 1. The lowest BCUT2D eigenvalue weighted by atomic mass is 10.2. The van der Waals surface area contributed by atoms with Gasteiger partial charge in [0.25, 0.3) is 0 Å². The zero-order valence-electron chi connectivity index (χ0n) is 16.4. The van der Waals surface area contributed by atoms with Crippen LogP contribution < -0.4 is 4.72 Å². The van der Waals surface area contributed by atoms with Crippen LogP contribution in [0.25, 0.3) is 5.83 Å². The van der Waals surface area contributed by atoms with Gasteiger partial charge < -0.3 is 14.5 Å². The van der Waals surface area contributed by atoms with E-state index in [9.17, 15) is 22.4 Å². The quantitative estimate of drug-likeness (QED) is 0.693. The highest BCUT2D eigenvalue weighted by molar-refractivity contribution is 7.92. The molecule has 0 aliphatic carbocycles. The molecular weight excluding hydrogens is 437 g/mol. The highest BCUT2D eigenvalue weighted by Gasteiger charge is 2.39. The zero-order chi connectivity index (χ0) is 21.9. The van der Waals surface area contributed by atoms with E-state index >= 15 is 0 Å². The Balaban J connectivity index is 1.64. The van der Waals surface area contributed by atoms with E-state index in [1.165, 1.54) is 29.2 Å². The van der Waals surface area contributed by atoms with Crippen molar-refractivity contribution in [3.05, 3.63) is 40.3 Å². The van der Waals surface area contributed by atoms with Crippen LogP contribution in [0.5, 0.6) is 0 Å². The van der Waals surface area contributed by atoms with E-state index in [1.54, 1.807) is 11.8 Å². The lowest BCUT2D eigenvalue weighted by molar-refractivity contribution is -0.146. The normalized spacial score (nSPS) is 21.8. The lowest BCUT2D eigenvalue weighted by Crippen LogP contribution is -2.52. The van der Waals surface area contributed by atoms with Gasteiger partial charge in [0.1, 0.15) is 17.9 Å². The molecule has 3 rings (SSSR count). The molecule has 1 aromatic carbocycles. The molecule has 0 unspecified atom stereocenters. The van der Waals surface area contributed by atoms with Gasteiger partial charge in [0, 0.05) is 30.2 Å². The Morgan fingerprint density at radius 3 is 2.53 bits per heavy atom. The van der Waals surface area contributed by atoms with Gasteiger partial charge in [-0.1, -0.05) is 23.7 Å². The van der Waals surface area contributed by atoms with Gasteiger partial charge >= 0.3 is 0 Å². The van der Waals surface area contributed by atoms with Gasteiger partial charge in [-0.2, -0.15) is 4.72 Å². The van der Waals surface area contributed by atoms with Crippen molar-refractivity contribution < 1.29 is 27.1 Å². The number of likely N-dealkylation sites (tertiary alicyclic amines) is 1. The topological polar surface area (TPSA) is 96.0 Å². The molecule has 0 bridgehead atoms. The van der Waals surface area contributed by atoms with Gasteiger partial charge in [-0.3, -0.25) is 9.59 Å². The largest absolute Gasteiger partial charge is 0.378 e. The van der Waals surface area contributed by atoms with E-state index in [-0.39, 0.29) is 24.4 Å². The van der Waals surface area contributed by atoms with Crippen LogP contribution in [0.15, 0.2) is 29.7 Å². The predicted octanol–water partition coefficient (Wildman–Crippen LogP) is 1.38. The maximum atomic E-state index is 14.3. The van der Waals surface area contributed by atoms with Crippen molar-refractivity contribution in [1.29, 1.82) is 0 Å². The minimum absolute atomic E-state index is 0.0499. The number of nitrogens with one attached hydrogen (secondary N) is 1. The molecule has 164 valence electrons. The second-order valence-electron chi connectivity index (χ2n) is 7.12. The van der Waals surface area contributed by atoms with Crippen LogP contribution in [0.2, 0.25) is 5.02 Å². The van der Waals surface area contributed by atoms with Crippen molar-refractivity contribution in [2.45, 2.75) is 25.4 Å². The molecule has 0 spiro atoms. The van der Waals surface area contributed by atoms with Crippen LogP contribution in [0.3, 0.4) is 0 Å². The number of hydrogen-bond acceptors (Lipinski definition) is 5. The number of morpholine rings is 1. The van der Waals surface area contributed by atoms with Crippen LogP contribution in [0.4, 0.5) is 4.39 Å². The highest BCUT2D eigenvalue weighted by atomic mass is 35.5. The summed E-state index contributed by atoms with van der Waals surface area (Å²) < 4.78 is 46.4. The van der Waals surface area contributed by atoms with Gasteiger partial charge in [-0.05, 0) is 25.5 Å². The molecule has 0 radical (unpaired) electrons. The molecule has 0 saturated carbocycles. The minimum atomic E-state index is -4.22. The van der Waals surface area contributed by atoms with Crippen LogP contribution in [-0.4, -0.2) is 75.0 Å². The van der Waals surface area contributed by atoms with Crippen molar-refractivity contribution in [3.63, 3.8) is 0 Å². The third-order valence-electron chi connectivity index (χ3n) is 5.07. The number of hydrogen-bond donors (Lipinski definition) is 1. The average Bonchev–Trinajstić information content (AvgIpc) is 3.07. The van der Waals surface area contributed by atoms with E-state index < -0.39 is 33.8 Å². The number of benzene rings is 1. The van der Waals surface area contributed by atoms with Crippen molar-refractivity contribution in [3.8, 4) is 0 Å². The van der Waals surface area contributed by atoms with Crippen molar-refractivity contribution in [1.82, 2.24) is 14.5 Å². The molecule has 2 saturated heterocycles. The molecule has 11 heteroatoms. The van der Waals surface area contributed by atoms with Gasteiger partial charge in [0.15, 0.2) is 0 Å². The molecule has 2 heterocycles. The third kappa shape index (κ3) is 5.37. The lowest BCUT2D eigenvalue weighted by Gasteiger charge is -2.32. The molecule has 8 nitrogen and oxygen atoms in total. The van der Waals surface area contributed by atoms with Crippen LogP contribution in [0.1, 0.15) is 18.9 Å². The smallest absolute Gasteiger partial charge is 0.245 e. The summed E-state index contributed by atoms with van der Waals surface area (Å²) in [7, 11) is -4.22. The van der Waals surface area contributed by atoms with E-state index in [0.717, 1.165) is 0 Å². The Bertz CT molecular complexity index is 932. The molecule has 0 aromatic heterocycles. The standard InChI is InChI=1S/C19H23ClFN3O5S/c1-13(18(25)23-8-10-29-11-9-23)24-7-6-17(19(24)26)22-30(27,28)12-16(21)14-2-4-15(20)5-3-14/h2-5,12-13,17,22H,6-11H2,1H3/t13-,17-/m0/s1. The highest BCUT2D eigenvalue weighted by Crippen LogP contribution is 2.21. The minimum Gasteiger partial charge on any atom is -0.378 e. The molecule has 30 heavy (non-hydrogen) atoms. The number of carbonyl (C=O) groups excluding carboxylic acids is 2. The van der Waals surface area contributed by atoms with Crippen molar-refractivity contribution in [2.24, 2.45) is 0 Å². The second-order valence-corrected chi connectivity index (χ2v) is 9.12. The average molecular weight is 460 g/mol. The van der Waals surface area contributed by atoms with Crippen molar-refractivity contribution in [2.75, 3.05) is 32.8 Å². The summed E-state index contributed by atoms with van der Waals surface area (Å²) in [5.41, 5.74) is 0.0499. The van der Waals surface area contributed by atoms with Gasteiger partial charge in [-0.15, -0.1) is 0 Å². The summed E-state index contributed by atoms with van der Waals surface area (Å²) in [4.78, 5) is 28.3. The number of sulfonamides is 1. The van der Waals surface area contributed by atoms with Gasteiger partial charge in [0.05, 0.1) is 18.6 Å². The number of rotatable bonds is 6. The summed E-state index contributed by atoms with van der Waals surface area (Å²) >= 11 is 5.74. The first-order valence-corrected chi connectivity index (χ1v) is 11.4. The van der Waals surface area contributed by atoms with E-state index in [1.807, 2.05) is 0 Å². The van der Waals surface area contributed by atoms with Gasteiger partial charge in [-0.25, -0.2) is 12.8 Å². The molecule has 2 aliphatic heterocycles. The first-order chi connectivity index (χ1) is 14.2. The van der Waals surface area contributed by atoms with Crippen LogP contribution in [0, 0.1) is 0 Å². The molecule has 1 aromatic rings. The monoisotopic (exact) mass is 459 g/mol. The summed E-state index contributed by atoms with van der Waals surface area (Å²) in [5.74, 6) is -1.69. The fraction of sp³-hybridized carbons (Fsp3) is 0.474. The first kappa shape index (κ1) is 22.7. The van der Waals surface area contributed by atoms with Crippen LogP contribution >= 0.6 is 11.6 Å². The van der Waals surface area contributed by atoms with E-state index in [4.69, 9.17) is 16.3 Å². The van der Waals surface area contributed by atoms with Gasteiger partial charge in [0.2, 0.25) is 21.8 Å². The SMILES string of the molecule is C[C@@H](C(=O)N1CCOCC1)N1CC[C@H](NS(=O)(=O)C=C(F)c2ccc(Cl)cc2)C1=O. The third-order valence-corrected chi connectivity index (χ3v) is 6.45. The Morgan fingerprint density at radius 1 is 1.27 bits per heavy atom. The number of carbonyl (C=O) groups is 2. The summed E-state index contributed by atoms with van der Waals surface area (Å²) in [6.07, 6.45) is 0.190. The Labute approximate surface area is 179 Å². The fourth-order valence-corrected chi connectivity index (χ4v) is 4.64. The molecular formula is C19H23ClFN3O5S. The maximum absolute atomic E-state index is 14.3.